The Morgan fingerprint density at radius 2 is 2.00 bits per heavy atom. The second kappa shape index (κ2) is 7.89. The van der Waals surface area contributed by atoms with E-state index in [-0.39, 0.29) is 5.91 Å². The molecule has 0 atom stereocenters. The quantitative estimate of drug-likeness (QED) is 0.526. The van der Waals surface area contributed by atoms with Gasteiger partial charge in [-0.15, -0.1) is 11.3 Å². The Kier molecular flexibility index (Phi) is 5.60. The first kappa shape index (κ1) is 17.8. The summed E-state index contributed by atoms with van der Waals surface area (Å²) in [5.74, 6) is -0.657. The van der Waals surface area contributed by atoms with Crippen molar-refractivity contribution in [3.63, 3.8) is 0 Å². The minimum atomic E-state index is -0.419. The number of nitrogens with zero attached hydrogens (tertiary/aromatic N) is 2. The van der Waals surface area contributed by atoms with Crippen LogP contribution in [0.2, 0.25) is 0 Å². The van der Waals surface area contributed by atoms with E-state index in [2.05, 4.69) is 20.9 Å². The molecule has 0 aliphatic rings. The third-order valence-corrected chi connectivity index (χ3v) is 5.02. The van der Waals surface area contributed by atoms with Crippen LogP contribution in [0.15, 0.2) is 58.4 Å². The molecule has 6 heteroatoms. The van der Waals surface area contributed by atoms with Gasteiger partial charge in [0.15, 0.2) is 5.13 Å². The predicted octanol–water partition coefficient (Wildman–Crippen LogP) is 5.77. The van der Waals surface area contributed by atoms with Gasteiger partial charge in [0.2, 0.25) is 0 Å². The van der Waals surface area contributed by atoms with E-state index in [9.17, 15) is 9.18 Å². The summed E-state index contributed by atoms with van der Waals surface area (Å²) in [6.45, 7) is 2.53. The van der Waals surface area contributed by atoms with Crippen LogP contribution in [0.3, 0.4) is 0 Å². The zero-order valence-corrected chi connectivity index (χ0v) is 16.0. The SMILES string of the molecule is CCCN(C(=O)c1cccc(F)c1)c1nc(-c2ccc(Br)cc2)cs1. The number of amides is 1. The lowest BCUT2D eigenvalue weighted by Gasteiger charge is -2.19. The predicted molar refractivity (Wildman–Crippen MR) is 104 cm³/mol. The van der Waals surface area contributed by atoms with E-state index in [0.29, 0.717) is 17.2 Å². The highest BCUT2D eigenvalue weighted by atomic mass is 79.9. The summed E-state index contributed by atoms with van der Waals surface area (Å²) in [7, 11) is 0. The van der Waals surface area contributed by atoms with Crippen molar-refractivity contribution in [3.8, 4) is 11.3 Å². The first-order chi connectivity index (χ1) is 12.1. The lowest BCUT2D eigenvalue weighted by molar-refractivity contribution is 0.0986. The zero-order chi connectivity index (χ0) is 17.8. The molecule has 0 fully saturated rings. The molecule has 0 saturated carbocycles. The van der Waals surface area contributed by atoms with E-state index in [4.69, 9.17) is 0 Å². The molecule has 1 heterocycles. The summed E-state index contributed by atoms with van der Waals surface area (Å²) < 4.78 is 14.5. The molecular formula is C19H16BrFN2OS. The van der Waals surface area contributed by atoms with Gasteiger partial charge < -0.3 is 0 Å². The Balaban J connectivity index is 1.91. The van der Waals surface area contributed by atoms with Crippen molar-refractivity contribution in [2.45, 2.75) is 13.3 Å². The number of halogens is 2. The molecule has 0 radical (unpaired) electrons. The Hall–Kier alpha value is -2.05. The molecule has 3 rings (SSSR count). The Morgan fingerprint density at radius 1 is 1.24 bits per heavy atom. The first-order valence-corrected chi connectivity index (χ1v) is 9.54. The molecule has 0 saturated heterocycles. The third kappa shape index (κ3) is 4.14. The number of hydrogen-bond donors (Lipinski definition) is 0. The van der Waals surface area contributed by atoms with Crippen LogP contribution in [0.1, 0.15) is 23.7 Å². The number of carbonyl (C=O) groups excluding carboxylic acids is 1. The molecule has 1 aromatic heterocycles. The molecule has 2 aromatic carbocycles. The monoisotopic (exact) mass is 418 g/mol. The molecule has 0 unspecified atom stereocenters. The van der Waals surface area contributed by atoms with Gasteiger partial charge in [0, 0.05) is 27.5 Å². The lowest BCUT2D eigenvalue weighted by atomic mass is 10.2. The van der Waals surface area contributed by atoms with Crippen molar-refractivity contribution in [1.29, 1.82) is 0 Å². The molecule has 0 spiro atoms. The van der Waals surface area contributed by atoms with Crippen molar-refractivity contribution < 1.29 is 9.18 Å². The zero-order valence-electron chi connectivity index (χ0n) is 13.6. The summed E-state index contributed by atoms with van der Waals surface area (Å²) in [6.07, 6.45) is 0.786. The number of anilines is 1. The normalized spacial score (nSPS) is 10.7. The Morgan fingerprint density at radius 3 is 2.68 bits per heavy atom. The van der Waals surface area contributed by atoms with Crippen molar-refractivity contribution in [3.05, 3.63) is 69.8 Å². The van der Waals surface area contributed by atoms with Crippen LogP contribution in [-0.2, 0) is 0 Å². The maximum atomic E-state index is 13.4. The van der Waals surface area contributed by atoms with E-state index in [1.807, 2.05) is 36.6 Å². The molecule has 3 aromatic rings. The molecular weight excluding hydrogens is 403 g/mol. The highest BCUT2D eigenvalue weighted by Crippen LogP contribution is 2.29. The molecule has 0 aliphatic carbocycles. The molecule has 128 valence electrons. The topological polar surface area (TPSA) is 33.2 Å². The van der Waals surface area contributed by atoms with E-state index in [1.54, 1.807) is 17.0 Å². The maximum Gasteiger partial charge on any atom is 0.260 e. The number of thiazole rings is 1. The number of carbonyl (C=O) groups is 1. The fourth-order valence-electron chi connectivity index (χ4n) is 2.43. The molecule has 3 nitrogen and oxygen atoms in total. The second-order valence-corrected chi connectivity index (χ2v) is 7.24. The van der Waals surface area contributed by atoms with E-state index >= 15 is 0 Å². The van der Waals surface area contributed by atoms with Crippen LogP contribution in [0, 0.1) is 5.82 Å². The van der Waals surface area contributed by atoms with Crippen molar-refractivity contribution in [2.75, 3.05) is 11.4 Å². The standard InChI is InChI=1S/C19H16BrFN2OS/c1-2-10-23(18(24)14-4-3-5-16(21)11-14)19-22-17(12-25-19)13-6-8-15(20)9-7-13/h3-9,11-12H,2,10H2,1H3. The number of rotatable bonds is 5. The van der Waals surface area contributed by atoms with Crippen LogP contribution in [-0.4, -0.2) is 17.4 Å². The van der Waals surface area contributed by atoms with Gasteiger partial charge in [0.25, 0.3) is 5.91 Å². The van der Waals surface area contributed by atoms with Crippen LogP contribution in [0.5, 0.6) is 0 Å². The minimum absolute atomic E-state index is 0.238. The van der Waals surface area contributed by atoms with Crippen LogP contribution in [0.25, 0.3) is 11.3 Å². The Labute approximate surface area is 158 Å². The van der Waals surface area contributed by atoms with Gasteiger partial charge in [-0.25, -0.2) is 9.37 Å². The summed E-state index contributed by atoms with van der Waals surface area (Å²) in [5.41, 5.74) is 2.13. The summed E-state index contributed by atoms with van der Waals surface area (Å²) in [4.78, 5) is 19.0. The lowest BCUT2D eigenvalue weighted by Crippen LogP contribution is -2.31. The number of hydrogen-bond acceptors (Lipinski definition) is 3. The maximum absolute atomic E-state index is 13.4. The van der Waals surface area contributed by atoms with Gasteiger partial charge in [0.05, 0.1) is 5.69 Å². The molecule has 1 amide bonds. The minimum Gasteiger partial charge on any atom is -0.284 e. The van der Waals surface area contributed by atoms with Crippen LogP contribution >= 0.6 is 27.3 Å². The van der Waals surface area contributed by atoms with Gasteiger partial charge in [-0.3, -0.25) is 9.69 Å². The largest absolute Gasteiger partial charge is 0.284 e. The highest BCUT2D eigenvalue weighted by molar-refractivity contribution is 9.10. The summed E-state index contributed by atoms with van der Waals surface area (Å²) >= 11 is 4.83. The first-order valence-electron chi connectivity index (χ1n) is 7.87. The number of aromatic nitrogens is 1. The summed E-state index contributed by atoms with van der Waals surface area (Å²) in [5, 5.41) is 2.55. The fraction of sp³-hybridized carbons (Fsp3) is 0.158. The van der Waals surface area contributed by atoms with E-state index in [1.165, 1.54) is 23.5 Å². The molecule has 0 aliphatic heterocycles. The van der Waals surface area contributed by atoms with Crippen molar-refractivity contribution in [2.24, 2.45) is 0 Å². The fourth-order valence-corrected chi connectivity index (χ4v) is 3.55. The third-order valence-electron chi connectivity index (χ3n) is 3.63. The summed E-state index contributed by atoms with van der Waals surface area (Å²) in [6, 6.07) is 13.6. The number of benzene rings is 2. The smallest absolute Gasteiger partial charge is 0.260 e. The Bertz CT molecular complexity index is 879. The van der Waals surface area contributed by atoms with Gasteiger partial charge in [-0.2, -0.15) is 0 Å². The van der Waals surface area contributed by atoms with E-state index < -0.39 is 5.82 Å². The van der Waals surface area contributed by atoms with Crippen LogP contribution in [0.4, 0.5) is 9.52 Å². The van der Waals surface area contributed by atoms with Gasteiger partial charge in [-0.1, -0.05) is 41.1 Å². The van der Waals surface area contributed by atoms with E-state index in [0.717, 1.165) is 22.2 Å². The van der Waals surface area contributed by atoms with Crippen LogP contribution < -0.4 is 4.90 Å². The second-order valence-electron chi connectivity index (χ2n) is 5.49. The average Bonchev–Trinajstić information content (AvgIpc) is 3.09. The van der Waals surface area contributed by atoms with Gasteiger partial charge >= 0.3 is 0 Å². The van der Waals surface area contributed by atoms with Crippen molar-refractivity contribution >= 4 is 38.3 Å². The van der Waals surface area contributed by atoms with Gasteiger partial charge in [-0.05, 0) is 36.8 Å². The molecule has 0 bridgehead atoms. The highest BCUT2D eigenvalue weighted by Gasteiger charge is 2.20. The van der Waals surface area contributed by atoms with Gasteiger partial charge in [0.1, 0.15) is 5.82 Å². The van der Waals surface area contributed by atoms with Crippen molar-refractivity contribution in [1.82, 2.24) is 4.98 Å². The molecule has 0 N–H and O–H groups in total. The molecule has 25 heavy (non-hydrogen) atoms. The average molecular weight is 419 g/mol.